The van der Waals surface area contributed by atoms with Crippen LogP contribution in [0.2, 0.25) is 0 Å². The smallest absolute Gasteiger partial charge is 0.410 e. The van der Waals surface area contributed by atoms with Crippen LogP contribution in [-0.2, 0) is 4.74 Å². The van der Waals surface area contributed by atoms with Gasteiger partial charge < -0.3 is 19.5 Å². The summed E-state index contributed by atoms with van der Waals surface area (Å²) in [5.41, 5.74) is 0.392. The van der Waals surface area contributed by atoms with Gasteiger partial charge in [-0.05, 0) is 64.3 Å². The van der Waals surface area contributed by atoms with Crippen molar-refractivity contribution in [3.8, 4) is 5.75 Å². The van der Waals surface area contributed by atoms with E-state index in [-0.39, 0.29) is 17.7 Å². The summed E-state index contributed by atoms with van der Waals surface area (Å²) in [6.07, 6.45) is 1.47. The lowest BCUT2D eigenvalue weighted by molar-refractivity contribution is 0.0187. The predicted octanol–water partition coefficient (Wildman–Crippen LogP) is 3.47. The molecular formula is C18H25NO5. The van der Waals surface area contributed by atoms with Crippen molar-refractivity contribution in [1.82, 2.24) is 4.90 Å². The zero-order chi connectivity index (χ0) is 17.9. The first-order valence-electron chi connectivity index (χ1n) is 8.14. The van der Waals surface area contributed by atoms with Crippen molar-refractivity contribution in [2.24, 2.45) is 0 Å². The molecule has 1 aliphatic heterocycles. The highest BCUT2D eigenvalue weighted by atomic mass is 16.6. The number of likely N-dealkylation sites (tertiary alicyclic amines) is 1. The molecule has 0 spiro atoms. The second-order valence-corrected chi connectivity index (χ2v) is 7.06. The number of carbonyl (C=O) groups is 2. The van der Waals surface area contributed by atoms with Crippen molar-refractivity contribution in [2.45, 2.75) is 52.2 Å². The van der Waals surface area contributed by atoms with Gasteiger partial charge in [-0.25, -0.2) is 9.59 Å². The molecule has 0 radical (unpaired) electrons. The number of hydrogen-bond donors (Lipinski definition) is 1. The topological polar surface area (TPSA) is 76.1 Å². The number of ether oxygens (including phenoxy) is 2. The molecule has 1 N–H and O–H groups in total. The summed E-state index contributed by atoms with van der Waals surface area (Å²) in [7, 11) is 0. The zero-order valence-corrected chi connectivity index (χ0v) is 14.7. The van der Waals surface area contributed by atoms with Gasteiger partial charge in [0.2, 0.25) is 0 Å². The third-order valence-electron chi connectivity index (χ3n) is 3.88. The second-order valence-electron chi connectivity index (χ2n) is 7.06. The molecule has 2 rings (SSSR count). The summed E-state index contributed by atoms with van der Waals surface area (Å²) in [6.45, 7) is 8.31. The van der Waals surface area contributed by atoms with Crippen LogP contribution in [0.15, 0.2) is 18.2 Å². The van der Waals surface area contributed by atoms with Crippen LogP contribution in [0.4, 0.5) is 4.79 Å². The van der Waals surface area contributed by atoms with Gasteiger partial charge in [0.05, 0.1) is 11.6 Å². The Bertz CT molecular complexity index is 620. The van der Waals surface area contributed by atoms with Gasteiger partial charge in [0.15, 0.2) is 0 Å². The van der Waals surface area contributed by atoms with Gasteiger partial charge in [-0.3, -0.25) is 0 Å². The quantitative estimate of drug-likeness (QED) is 0.912. The lowest BCUT2D eigenvalue weighted by Crippen LogP contribution is -2.42. The lowest BCUT2D eigenvalue weighted by Gasteiger charge is -2.28. The number of benzene rings is 1. The monoisotopic (exact) mass is 335 g/mol. The van der Waals surface area contributed by atoms with E-state index < -0.39 is 11.6 Å². The first-order valence-corrected chi connectivity index (χ1v) is 8.14. The molecule has 1 aromatic carbocycles. The second kappa shape index (κ2) is 7.11. The minimum Gasteiger partial charge on any atom is -0.491 e. The fourth-order valence-electron chi connectivity index (χ4n) is 2.73. The van der Waals surface area contributed by atoms with Gasteiger partial charge in [0.1, 0.15) is 18.0 Å². The van der Waals surface area contributed by atoms with Gasteiger partial charge in [-0.2, -0.15) is 0 Å². The van der Waals surface area contributed by atoms with Crippen LogP contribution in [0.5, 0.6) is 5.75 Å². The van der Waals surface area contributed by atoms with E-state index >= 15 is 0 Å². The molecule has 1 atom stereocenters. The fourth-order valence-corrected chi connectivity index (χ4v) is 2.73. The van der Waals surface area contributed by atoms with Crippen molar-refractivity contribution in [3.05, 3.63) is 29.3 Å². The minimum atomic E-state index is -0.953. The van der Waals surface area contributed by atoms with E-state index in [1.807, 2.05) is 20.8 Å². The van der Waals surface area contributed by atoms with Gasteiger partial charge in [-0.1, -0.05) is 0 Å². The summed E-state index contributed by atoms with van der Waals surface area (Å²) in [4.78, 5) is 25.0. The van der Waals surface area contributed by atoms with Crippen molar-refractivity contribution in [1.29, 1.82) is 0 Å². The average molecular weight is 335 g/mol. The van der Waals surface area contributed by atoms with Crippen molar-refractivity contribution in [2.75, 3.05) is 13.2 Å². The van der Waals surface area contributed by atoms with E-state index in [4.69, 9.17) is 14.6 Å². The number of aryl methyl sites for hydroxylation is 1. The maximum atomic E-state index is 12.2. The first kappa shape index (κ1) is 18.1. The van der Waals surface area contributed by atoms with Crippen LogP contribution in [0, 0.1) is 6.92 Å². The molecule has 24 heavy (non-hydrogen) atoms. The Morgan fingerprint density at radius 1 is 1.33 bits per heavy atom. The van der Waals surface area contributed by atoms with E-state index in [2.05, 4.69) is 0 Å². The molecule has 6 heteroatoms. The van der Waals surface area contributed by atoms with E-state index in [9.17, 15) is 9.59 Å². The van der Waals surface area contributed by atoms with Gasteiger partial charge in [0, 0.05) is 6.54 Å². The van der Waals surface area contributed by atoms with Crippen LogP contribution in [-0.4, -0.2) is 46.9 Å². The Kier molecular flexibility index (Phi) is 5.36. The third kappa shape index (κ3) is 4.63. The molecule has 0 unspecified atom stereocenters. The van der Waals surface area contributed by atoms with E-state index in [1.165, 1.54) is 6.07 Å². The van der Waals surface area contributed by atoms with Crippen molar-refractivity contribution >= 4 is 12.1 Å². The fraction of sp³-hybridized carbons (Fsp3) is 0.556. The third-order valence-corrected chi connectivity index (χ3v) is 3.88. The van der Waals surface area contributed by atoms with E-state index in [1.54, 1.807) is 24.0 Å². The molecule has 1 fully saturated rings. The number of rotatable bonds is 4. The molecule has 0 aliphatic carbocycles. The Labute approximate surface area is 142 Å². The Morgan fingerprint density at radius 2 is 2.04 bits per heavy atom. The number of nitrogens with zero attached hydrogens (tertiary/aromatic N) is 1. The minimum absolute atomic E-state index is 0.0284. The largest absolute Gasteiger partial charge is 0.491 e. The summed E-state index contributed by atoms with van der Waals surface area (Å²) in [5, 5.41) is 9.05. The molecule has 1 aromatic rings. The average Bonchev–Trinajstić information content (AvgIpc) is 2.91. The molecule has 1 heterocycles. The van der Waals surface area contributed by atoms with Crippen LogP contribution >= 0.6 is 0 Å². The maximum Gasteiger partial charge on any atom is 0.410 e. The highest BCUT2D eigenvalue weighted by Gasteiger charge is 2.32. The first-order chi connectivity index (χ1) is 11.2. The SMILES string of the molecule is Cc1cc(OC[C@@H]2CCCN2C(=O)OC(C)(C)C)ccc1C(=O)O. The zero-order valence-electron chi connectivity index (χ0n) is 14.7. The normalized spacial score (nSPS) is 17.7. The molecular weight excluding hydrogens is 310 g/mol. The number of carboxylic acids is 1. The number of carboxylic acid groups (broad SMARTS) is 1. The summed E-state index contributed by atoms with van der Waals surface area (Å²) in [5.74, 6) is -0.348. The molecule has 0 saturated carbocycles. The molecule has 1 amide bonds. The Hall–Kier alpha value is -2.24. The number of hydrogen-bond acceptors (Lipinski definition) is 4. The number of aromatic carboxylic acids is 1. The molecule has 1 saturated heterocycles. The van der Waals surface area contributed by atoms with Crippen LogP contribution in [0.25, 0.3) is 0 Å². The molecule has 0 aromatic heterocycles. The van der Waals surface area contributed by atoms with Crippen LogP contribution < -0.4 is 4.74 Å². The summed E-state index contributed by atoms with van der Waals surface area (Å²) in [6, 6.07) is 4.85. The Balaban J connectivity index is 1.97. The molecule has 132 valence electrons. The molecule has 0 bridgehead atoms. The van der Waals surface area contributed by atoms with Crippen LogP contribution in [0.3, 0.4) is 0 Å². The van der Waals surface area contributed by atoms with Gasteiger partial charge in [-0.15, -0.1) is 0 Å². The number of carbonyl (C=O) groups excluding carboxylic acids is 1. The van der Waals surface area contributed by atoms with Gasteiger partial charge >= 0.3 is 12.1 Å². The predicted molar refractivity (Wildman–Crippen MR) is 89.6 cm³/mol. The van der Waals surface area contributed by atoms with E-state index in [0.29, 0.717) is 24.5 Å². The maximum absolute atomic E-state index is 12.2. The highest BCUT2D eigenvalue weighted by molar-refractivity contribution is 5.89. The van der Waals surface area contributed by atoms with Crippen LogP contribution in [0.1, 0.15) is 49.5 Å². The molecule has 1 aliphatic rings. The highest BCUT2D eigenvalue weighted by Crippen LogP contribution is 2.23. The standard InChI is InChI=1S/C18H25NO5/c1-12-10-14(7-8-15(12)16(20)21)23-11-13-6-5-9-19(13)17(22)24-18(2,3)4/h7-8,10,13H,5-6,9,11H2,1-4H3,(H,20,21)/t13-/m0/s1. The summed E-state index contributed by atoms with van der Waals surface area (Å²) >= 11 is 0. The number of amides is 1. The summed E-state index contributed by atoms with van der Waals surface area (Å²) < 4.78 is 11.2. The van der Waals surface area contributed by atoms with Crippen molar-refractivity contribution < 1.29 is 24.2 Å². The van der Waals surface area contributed by atoms with Gasteiger partial charge in [0.25, 0.3) is 0 Å². The van der Waals surface area contributed by atoms with Crippen molar-refractivity contribution in [3.63, 3.8) is 0 Å². The van der Waals surface area contributed by atoms with E-state index in [0.717, 1.165) is 12.8 Å². The Morgan fingerprint density at radius 3 is 2.62 bits per heavy atom. The molecule has 6 nitrogen and oxygen atoms in total. The lowest BCUT2D eigenvalue weighted by atomic mass is 10.1.